The summed E-state index contributed by atoms with van der Waals surface area (Å²) in [6.45, 7) is 3.72. The summed E-state index contributed by atoms with van der Waals surface area (Å²) in [5.41, 5.74) is 2.33. The summed E-state index contributed by atoms with van der Waals surface area (Å²) in [4.78, 5) is 12.1. The summed E-state index contributed by atoms with van der Waals surface area (Å²) in [5, 5.41) is 2.84. The Bertz CT molecular complexity index is 647. The molecule has 0 radical (unpaired) electrons. The van der Waals surface area contributed by atoms with Crippen molar-refractivity contribution in [2.45, 2.75) is 31.6 Å². The number of aryl methyl sites for hydroxylation is 1. The SMILES string of the molecule is Cc1cc(S(=O)(=O)N(C)C)cc(NC(=O)C2CC2)c1C. The van der Waals surface area contributed by atoms with Crippen LogP contribution in [0.15, 0.2) is 17.0 Å². The highest BCUT2D eigenvalue weighted by molar-refractivity contribution is 7.89. The normalized spacial score (nSPS) is 15.4. The van der Waals surface area contributed by atoms with Crippen LogP contribution >= 0.6 is 0 Å². The maximum atomic E-state index is 12.2. The van der Waals surface area contributed by atoms with Crippen molar-refractivity contribution < 1.29 is 13.2 Å². The van der Waals surface area contributed by atoms with Crippen molar-refractivity contribution in [3.63, 3.8) is 0 Å². The molecule has 5 nitrogen and oxygen atoms in total. The highest BCUT2D eigenvalue weighted by Gasteiger charge is 2.30. The molecule has 0 unspecified atom stereocenters. The Labute approximate surface area is 120 Å². The minimum absolute atomic E-state index is 0.0214. The molecular formula is C14H20N2O3S. The molecule has 1 N–H and O–H groups in total. The fourth-order valence-corrected chi connectivity index (χ4v) is 2.91. The Morgan fingerprint density at radius 1 is 1.25 bits per heavy atom. The number of anilines is 1. The first kappa shape index (κ1) is 15.0. The first-order chi connectivity index (χ1) is 9.23. The Balaban J connectivity index is 2.41. The molecule has 0 saturated heterocycles. The molecule has 0 atom stereocenters. The molecule has 0 aliphatic heterocycles. The van der Waals surface area contributed by atoms with Crippen LogP contribution in [0.25, 0.3) is 0 Å². The number of nitrogens with one attached hydrogen (secondary N) is 1. The summed E-state index contributed by atoms with van der Waals surface area (Å²) in [6, 6.07) is 3.18. The molecule has 0 aromatic heterocycles. The van der Waals surface area contributed by atoms with E-state index in [0.717, 1.165) is 24.0 Å². The maximum Gasteiger partial charge on any atom is 0.242 e. The number of sulfonamides is 1. The van der Waals surface area contributed by atoms with Crippen molar-refractivity contribution in [2.24, 2.45) is 5.92 Å². The summed E-state index contributed by atoms with van der Waals surface area (Å²) >= 11 is 0. The molecule has 1 aliphatic carbocycles. The van der Waals surface area contributed by atoms with Gasteiger partial charge in [-0.15, -0.1) is 0 Å². The second-order valence-corrected chi connectivity index (χ2v) is 7.62. The third-order valence-electron chi connectivity index (χ3n) is 3.63. The quantitative estimate of drug-likeness (QED) is 0.923. The van der Waals surface area contributed by atoms with E-state index in [2.05, 4.69) is 5.32 Å². The number of benzene rings is 1. The van der Waals surface area contributed by atoms with Gasteiger partial charge in [-0.05, 0) is 49.9 Å². The van der Waals surface area contributed by atoms with Crippen molar-refractivity contribution in [1.82, 2.24) is 4.31 Å². The minimum Gasteiger partial charge on any atom is -0.326 e. The molecule has 0 heterocycles. The van der Waals surface area contributed by atoms with Crippen molar-refractivity contribution in [1.29, 1.82) is 0 Å². The summed E-state index contributed by atoms with van der Waals surface area (Å²) in [7, 11) is -0.511. The van der Waals surface area contributed by atoms with Gasteiger partial charge >= 0.3 is 0 Å². The number of carbonyl (C=O) groups excluding carboxylic acids is 1. The lowest BCUT2D eigenvalue weighted by Crippen LogP contribution is -2.23. The lowest BCUT2D eigenvalue weighted by atomic mass is 10.1. The van der Waals surface area contributed by atoms with E-state index in [1.807, 2.05) is 13.8 Å². The standard InChI is InChI=1S/C14H20N2O3S/c1-9-7-12(20(18,19)16(3)4)8-13(10(9)2)15-14(17)11-5-6-11/h7-8,11H,5-6H2,1-4H3,(H,15,17). The zero-order valence-corrected chi connectivity index (χ0v) is 13.0. The van der Waals surface area contributed by atoms with Crippen LogP contribution in [0.4, 0.5) is 5.69 Å². The van der Waals surface area contributed by atoms with Gasteiger partial charge in [-0.2, -0.15) is 0 Å². The summed E-state index contributed by atoms with van der Waals surface area (Å²) in [6.07, 6.45) is 1.83. The van der Waals surface area contributed by atoms with E-state index in [1.54, 1.807) is 6.07 Å². The fraction of sp³-hybridized carbons (Fsp3) is 0.500. The van der Waals surface area contributed by atoms with E-state index in [4.69, 9.17) is 0 Å². The molecule has 2 rings (SSSR count). The highest BCUT2D eigenvalue weighted by atomic mass is 32.2. The Hall–Kier alpha value is -1.40. The van der Waals surface area contributed by atoms with Crippen molar-refractivity contribution >= 4 is 21.6 Å². The zero-order chi connectivity index (χ0) is 15.1. The summed E-state index contributed by atoms with van der Waals surface area (Å²) < 4.78 is 25.6. The number of carbonyl (C=O) groups is 1. The first-order valence-corrected chi connectivity index (χ1v) is 8.02. The topological polar surface area (TPSA) is 66.5 Å². The van der Waals surface area contributed by atoms with Gasteiger partial charge in [0.25, 0.3) is 0 Å². The van der Waals surface area contributed by atoms with E-state index >= 15 is 0 Å². The molecule has 6 heteroatoms. The molecule has 1 fully saturated rings. The minimum atomic E-state index is -3.50. The van der Waals surface area contributed by atoms with Gasteiger partial charge in [-0.25, -0.2) is 12.7 Å². The average molecular weight is 296 g/mol. The van der Waals surface area contributed by atoms with Crippen LogP contribution in [-0.4, -0.2) is 32.7 Å². The van der Waals surface area contributed by atoms with Gasteiger partial charge in [0.05, 0.1) is 4.90 Å². The van der Waals surface area contributed by atoms with E-state index in [0.29, 0.717) is 5.69 Å². The van der Waals surface area contributed by atoms with Crippen molar-refractivity contribution in [3.05, 3.63) is 23.3 Å². The first-order valence-electron chi connectivity index (χ1n) is 6.58. The largest absolute Gasteiger partial charge is 0.326 e. The third kappa shape index (κ3) is 2.86. The number of amides is 1. The molecule has 1 saturated carbocycles. The van der Waals surface area contributed by atoms with Crippen LogP contribution in [0.3, 0.4) is 0 Å². The Morgan fingerprint density at radius 3 is 2.35 bits per heavy atom. The maximum absolute atomic E-state index is 12.2. The molecule has 1 aromatic carbocycles. The third-order valence-corrected chi connectivity index (χ3v) is 5.42. The smallest absolute Gasteiger partial charge is 0.242 e. The van der Waals surface area contributed by atoms with E-state index in [9.17, 15) is 13.2 Å². The lowest BCUT2D eigenvalue weighted by Gasteiger charge is -2.16. The zero-order valence-electron chi connectivity index (χ0n) is 12.2. The van der Waals surface area contributed by atoms with Gasteiger partial charge in [0.15, 0.2) is 0 Å². The molecule has 1 aliphatic rings. The molecule has 20 heavy (non-hydrogen) atoms. The van der Waals surface area contributed by atoms with Gasteiger partial charge in [-0.3, -0.25) is 4.79 Å². The molecular weight excluding hydrogens is 276 g/mol. The van der Waals surface area contributed by atoms with Crippen LogP contribution in [0, 0.1) is 19.8 Å². The molecule has 0 bridgehead atoms. The van der Waals surface area contributed by atoms with Gasteiger partial charge in [0.2, 0.25) is 15.9 Å². The van der Waals surface area contributed by atoms with Crippen LogP contribution in [-0.2, 0) is 14.8 Å². The van der Waals surface area contributed by atoms with Crippen LogP contribution in [0.1, 0.15) is 24.0 Å². The van der Waals surface area contributed by atoms with E-state index in [-0.39, 0.29) is 16.7 Å². The fourth-order valence-electron chi connectivity index (χ4n) is 1.90. The van der Waals surface area contributed by atoms with E-state index < -0.39 is 10.0 Å². The Kier molecular flexibility index (Phi) is 3.88. The predicted molar refractivity (Wildman–Crippen MR) is 78.1 cm³/mol. The number of hydrogen-bond acceptors (Lipinski definition) is 3. The lowest BCUT2D eigenvalue weighted by molar-refractivity contribution is -0.117. The number of rotatable bonds is 4. The van der Waals surface area contributed by atoms with Gasteiger partial charge < -0.3 is 5.32 Å². The van der Waals surface area contributed by atoms with Crippen LogP contribution < -0.4 is 5.32 Å². The molecule has 110 valence electrons. The monoisotopic (exact) mass is 296 g/mol. The van der Waals surface area contributed by atoms with Crippen LogP contribution in [0.5, 0.6) is 0 Å². The van der Waals surface area contributed by atoms with Gasteiger partial charge in [0.1, 0.15) is 0 Å². The second kappa shape index (κ2) is 5.18. The second-order valence-electron chi connectivity index (χ2n) is 5.46. The van der Waals surface area contributed by atoms with Gasteiger partial charge in [0, 0.05) is 25.7 Å². The highest BCUT2D eigenvalue weighted by Crippen LogP contribution is 2.32. The Morgan fingerprint density at radius 2 is 1.85 bits per heavy atom. The summed E-state index contributed by atoms with van der Waals surface area (Å²) in [5.74, 6) is 0.0655. The average Bonchev–Trinajstić information content (AvgIpc) is 3.18. The molecule has 1 amide bonds. The van der Waals surface area contributed by atoms with Gasteiger partial charge in [-0.1, -0.05) is 0 Å². The number of hydrogen-bond donors (Lipinski definition) is 1. The van der Waals surface area contributed by atoms with E-state index in [1.165, 1.54) is 24.5 Å². The molecule has 0 spiro atoms. The number of nitrogens with zero attached hydrogens (tertiary/aromatic N) is 1. The van der Waals surface area contributed by atoms with Crippen molar-refractivity contribution in [2.75, 3.05) is 19.4 Å². The van der Waals surface area contributed by atoms with Crippen LogP contribution in [0.2, 0.25) is 0 Å². The molecule has 1 aromatic rings. The predicted octanol–water partition coefficient (Wildman–Crippen LogP) is 1.90. The van der Waals surface area contributed by atoms with Crippen molar-refractivity contribution in [3.8, 4) is 0 Å².